The van der Waals surface area contributed by atoms with Crippen molar-refractivity contribution in [3.05, 3.63) is 18.5 Å². The average Bonchev–Trinajstić information content (AvgIpc) is 2.65. The number of rotatable bonds is 0. The first-order valence-electron chi connectivity index (χ1n) is 4.81. The fourth-order valence-electron chi connectivity index (χ4n) is 1.86. The van der Waals surface area contributed by atoms with Gasteiger partial charge in [-0.25, -0.2) is 4.98 Å². The molecule has 1 unspecified atom stereocenters. The smallest absolute Gasteiger partial charge is 0.139 e. The number of nitrogens with one attached hydrogen (secondary N) is 3. The maximum atomic E-state index is 4.32. The lowest BCUT2D eigenvalue weighted by molar-refractivity contribution is 0.819. The van der Waals surface area contributed by atoms with Crippen molar-refractivity contribution in [3.63, 3.8) is 0 Å². The van der Waals surface area contributed by atoms with Crippen molar-refractivity contribution in [1.82, 2.24) is 9.97 Å². The van der Waals surface area contributed by atoms with Gasteiger partial charge in [-0.2, -0.15) is 0 Å². The molecule has 0 amide bonds. The molecule has 72 valence electrons. The molecule has 0 bridgehead atoms. The van der Waals surface area contributed by atoms with Gasteiger partial charge in [0.2, 0.25) is 0 Å². The van der Waals surface area contributed by atoms with Crippen LogP contribution >= 0.6 is 0 Å². The third kappa shape index (κ3) is 0.968. The van der Waals surface area contributed by atoms with Gasteiger partial charge >= 0.3 is 0 Å². The largest absolute Gasteiger partial charge is 0.380 e. The summed E-state index contributed by atoms with van der Waals surface area (Å²) in [6, 6.07) is 2.51. The molecular formula is C10H12N4. The zero-order valence-electron chi connectivity index (χ0n) is 7.96. The highest BCUT2D eigenvalue weighted by molar-refractivity contribution is 5.97. The number of anilines is 2. The van der Waals surface area contributed by atoms with Crippen molar-refractivity contribution >= 4 is 22.4 Å². The monoisotopic (exact) mass is 188 g/mol. The van der Waals surface area contributed by atoms with E-state index in [2.05, 4.69) is 27.5 Å². The molecule has 2 aromatic heterocycles. The van der Waals surface area contributed by atoms with Gasteiger partial charge in [0.05, 0.1) is 17.6 Å². The Balaban J connectivity index is 2.26. The summed E-state index contributed by atoms with van der Waals surface area (Å²) in [6.07, 6.45) is 3.78. The van der Waals surface area contributed by atoms with E-state index in [4.69, 9.17) is 0 Å². The minimum atomic E-state index is 0.461. The number of fused-ring (bicyclic) bond motifs is 3. The van der Waals surface area contributed by atoms with E-state index in [-0.39, 0.29) is 0 Å². The van der Waals surface area contributed by atoms with E-state index in [1.807, 2.05) is 18.5 Å². The Hall–Kier alpha value is -1.71. The molecule has 4 heteroatoms. The molecule has 14 heavy (non-hydrogen) atoms. The van der Waals surface area contributed by atoms with Gasteiger partial charge in [0.1, 0.15) is 5.65 Å². The van der Waals surface area contributed by atoms with Crippen molar-refractivity contribution in [3.8, 4) is 0 Å². The normalized spacial score (nSPS) is 19.9. The topological polar surface area (TPSA) is 52.7 Å². The van der Waals surface area contributed by atoms with E-state index >= 15 is 0 Å². The molecule has 1 atom stereocenters. The summed E-state index contributed by atoms with van der Waals surface area (Å²) < 4.78 is 0. The molecule has 0 aliphatic carbocycles. The van der Waals surface area contributed by atoms with E-state index in [1.165, 1.54) is 0 Å². The Morgan fingerprint density at radius 1 is 1.50 bits per heavy atom. The maximum Gasteiger partial charge on any atom is 0.139 e. The fraction of sp³-hybridized carbons (Fsp3) is 0.300. The quantitative estimate of drug-likeness (QED) is 0.590. The van der Waals surface area contributed by atoms with Gasteiger partial charge in [-0.1, -0.05) is 0 Å². The van der Waals surface area contributed by atoms with Gasteiger partial charge in [0.15, 0.2) is 0 Å². The van der Waals surface area contributed by atoms with Crippen molar-refractivity contribution in [2.45, 2.75) is 13.0 Å². The third-order valence-electron chi connectivity index (χ3n) is 2.58. The lowest BCUT2D eigenvalue weighted by Gasteiger charge is -2.25. The predicted octanol–water partition coefficient (Wildman–Crippen LogP) is 1.79. The maximum absolute atomic E-state index is 4.32. The second-order valence-electron chi connectivity index (χ2n) is 3.71. The summed E-state index contributed by atoms with van der Waals surface area (Å²) in [7, 11) is 0. The van der Waals surface area contributed by atoms with Crippen LogP contribution in [0.4, 0.5) is 11.4 Å². The van der Waals surface area contributed by atoms with Gasteiger partial charge in [0.25, 0.3) is 0 Å². The summed E-state index contributed by atoms with van der Waals surface area (Å²) in [4.78, 5) is 7.43. The molecule has 0 saturated heterocycles. The minimum absolute atomic E-state index is 0.461. The van der Waals surface area contributed by atoms with Gasteiger partial charge in [0, 0.05) is 24.2 Å². The summed E-state index contributed by atoms with van der Waals surface area (Å²) in [5.41, 5.74) is 3.19. The Labute approximate surface area is 81.7 Å². The van der Waals surface area contributed by atoms with Crippen LogP contribution in [0.3, 0.4) is 0 Å². The van der Waals surface area contributed by atoms with Gasteiger partial charge < -0.3 is 15.6 Å². The first kappa shape index (κ1) is 7.67. The average molecular weight is 188 g/mol. The van der Waals surface area contributed by atoms with E-state index < -0.39 is 0 Å². The van der Waals surface area contributed by atoms with Crippen LogP contribution in [0.2, 0.25) is 0 Å². The molecule has 1 aliphatic rings. The molecule has 0 radical (unpaired) electrons. The highest BCUT2D eigenvalue weighted by Gasteiger charge is 2.16. The van der Waals surface area contributed by atoms with Crippen LogP contribution in [-0.4, -0.2) is 22.6 Å². The van der Waals surface area contributed by atoms with Crippen LogP contribution in [0.25, 0.3) is 11.0 Å². The van der Waals surface area contributed by atoms with Crippen LogP contribution in [0, 0.1) is 0 Å². The molecule has 3 heterocycles. The Morgan fingerprint density at radius 3 is 3.36 bits per heavy atom. The predicted molar refractivity (Wildman–Crippen MR) is 57.7 cm³/mol. The number of hydrogen-bond donors (Lipinski definition) is 3. The SMILES string of the molecule is CC1CNc2cnc3[nH]ccc3c2N1. The highest BCUT2D eigenvalue weighted by Crippen LogP contribution is 2.32. The summed E-state index contributed by atoms with van der Waals surface area (Å²) in [5.74, 6) is 0. The number of aromatic nitrogens is 2. The van der Waals surface area contributed by atoms with E-state index in [0.717, 1.165) is 29.0 Å². The molecule has 3 rings (SSSR count). The van der Waals surface area contributed by atoms with E-state index in [9.17, 15) is 0 Å². The van der Waals surface area contributed by atoms with E-state index in [0.29, 0.717) is 6.04 Å². The van der Waals surface area contributed by atoms with Crippen molar-refractivity contribution in [1.29, 1.82) is 0 Å². The lowest BCUT2D eigenvalue weighted by atomic mass is 10.1. The zero-order chi connectivity index (χ0) is 9.54. The van der Waals surface area contributed by atoms with Crippen LogP contribution in [0.1, 0.15) is 6.92 Å². The van der Waals surface area contributed by atoms with E-state index in [1.54, 1.807) is 0 Å². The number of pyridine rings is 1. The van der Waals surface area contributed by atoms with Gasteiger partial charge in [-0.05, 0) is 13.0 Å². The fourth-order valence-corrected chi connectivity index (χ4v) is 1.86. The highest BCUT2D eigenvalue weighted by atomic mass is 15.1. The molecule has 0 aromatic carbocycles. The van der Waals surface area contributed by atoms with Crippen LogP contribution in [0.5, 0.6) is 0 Å². The summed E-state index contributed by atoms with van der Waals surface area (Å²) >= 11 is 0. The van der Waals surface area contributed by atoms with Crippen molar-refractivity contribution < 1.29 is 0 Å². The second kappa shape index (κ2) is 2.64. The third-order valence-corrected chi connectivity index (χ3v) is 2.58. The second-order valence-corrected chi connectivity index (χ2v) is 3.71. The Kier molecular flexibility index (Phi) is 1.45. The molecule has 0 spiro atoms. The Bertz CT molecular complexity index is 474. The number of hydrogen-bond acceptors (Lipinski definition) is 3. The first-order valence-corrected chi connectivity index (χ1v) is 4.81. The zero-order valence-corrected chi connectivity index (χ0v) is 7.96. The van der Waals surface area contributed by atoms with Crippen LogP contribution in [0.15, 0.2) is 18.5 Å². The first-order chi connectivity index (χ1) is 6.84. The van der Waals surface area contributed by atoms with Crippen molar-refractivity contribution in [2.75, 3.05) is 17.2 Å². The minimum Gasteiger partial charge on any atom is -0.380 e. The molecule has 0 saturated carbocycles. The Morgan fingerprint density at radius 2 is 2.43 bits per heavy atom. The number of nitrogens with zero attached hydrogens (tertiary/aromatic N) is 1. The van der Waals surface area contributed by atoms with Crippen molar-refractivity contribution in [2.24, 2.45) is 0 Å². The van der Waals surface area contributed by atoms with Crippen LogP contribution < -0.4 is 10.6 Å². The molecular weight excluding hydrogens is 176 g/mol. The van der Waals surface area contributed by atoms with Gasteiger partial charge in [-0.15, -0.1) is 0 Å². The number of H-pyrrole nitrogens is 1. The molecule has 4 nitrogen and oxygen atoms in total. The molecule has 2 aromatic rings. The molecule has 1 aliphatic heterocycles. The van der Waals surface area contributed by atoms with Gasteiger partial charge in [-0.3, -0.25) is 0 Å². The standard InChI is InChI=1S/C10H12N4/c1-6-4-12-8-5-13-10-7(2-3-11-10)9(8)14-6/h2-3,5-6,12,14H,4H2,1H3,(H,11,13). The molecule has 3 N–H and O–H groups in total. The number of aromatic amines is 1. The molecule has 0 fully saturated rings. The summed E-state index contributed by atoms with van der Waals surface area (Å²) in [5, 5.41) is 7.98. The summed E-state index contributed by atoms with van der Waals surface area (Å²) in [6.45, 7) is 3.11. The lowest BCUT2D eigenvalue weighted by Crippen LogP contribution is -2.30. The van der Waals surface area contributed by atoms with Crippen LogP contribution in [-0.2, 0) is 0 Å².